The van der Waals surface area contributed by atoms with Crippen molar-refractivity contribution in [1.82, 2.24) is 19.5 Å². The van der Waals surface area contributed by atoms with Crippen LogP contribution in [0, 0.1) is 12.7 Å². The van der Waals surface area contributed by atoms with Gasteiger partial charge in [0.25, 0.3) is 0 Å². The number of hydrogen-bond donors (Lipinski definition) is 2. The second-order valence-electron chi connectivity index (χ2n) is 6.62. The molecule has 1 amide bonds. The first-order valence-electron chi connectivity index (χ1n) is 9.31. The Hall–Kier alpha value is -4.07. The van der Waals surface area contributed by atoms with Gasteiger partial charge >= 0.3 is 0 Å². The fraction of sp³-hybridized carbons (Fsp3) is 0.0909. The average molecular weight is 402 g/mol. The third-order valence-electron chi connectivity index (χ3n) is 4.48. The topological polar surface area (TPSA) is 84.7 Å². The minimum absolute atomic E-state index is 0.0238. The van der Waals surface area contributed by atoms with Crippen LogP contribution in [0.1, 0.15) is 11.4 Å². The van der Waals surface area contributed by atoms with Crippen LogP contribution >= 0.6 is 0 Å². The van der Waals surface area contributed by atoms with Crippen molar-refractivity contribution in [3.63, 3.8) is 0 Å². The van der Waals surface area contributed by atoms with Gasteiger partial charge in [-0.25, -0.2) is 19.3 Å². The molecule has 4 aromatic rings. The van der Waals surface area contributed by atoms with E-state index in [-0.39, 0.29) is 18.1 Å². The summed E-state index contributed by atoms with van der Waals surface area (Å²) in [5, 5.41) is 5.98. The lowest BCUT2D eigenvalue weighted by atomic mass is 10.1. The summed E-state index contributed by atoms with van der Waals surface area (Å²) >= 11 is 0. The zero-order chi connectivity index (χ0) is 20.9. The lowest BCUT2D eigenvalue weighted by molar-refractivity contribution is -0.115. The normalized spacial score (nSPS) is 10.6. The molecule has 2 heterocycles. The lowest BCUT2D eigenvalue weighted by Gasteiger charge is -2.10. The molecule has 30 heavy (non-hydrogen) atoms. The molecule has 7 nitrogen and oxygen atoms in total. The first kappa shape index (κ1) is 19.3. The molecule has 0 unspecified atom stereocenters. The molecule has 2 aromatic heterocycles. The Labute approximate surface area is 172 Å². The monoisotopic (exact) mass is 402 g/mol. The first-order valence-corrected chi connectivity index (χ1v) is 9.31. The molecule has 8 heteroatoms. The van der Waals surface area contributed by atoms with Crippen molar-refractivity contribution >= 4 is 23.1 Å². The molecule has 2 aromatic carbocycles. The number of hydrogen-bond acceptors (Lipinski definition) is 5. The first-order chi connectivity index (χ1) is 14.6. The lowest BCUT2D eigenvalue weighted by Crippen LogP contribution is -2.15. The minimum Gasteiger partial charge on any atom is -0.340 e. The molecular formula is C22H19FN6O. The molecule has 2 N–H and O–H groups in total. The molecule has 0 aliphatic heterocycles. The molecule has 0 saturated heterocycles. The standard InChI is InChI=1S/C22H19FN6O/c1-15-24-10-11-29(15)21-13-20(25-14-26-21)27-17-6-8-18(9-7-17)28-22(30)12-16-4-2-3-5-19(16)23/h2-11,13-14H,12H2,1H3,(H,28,30)(H,25,26,27). The number of carbonyl (C=O) groups is 1. The Morgan fingerprint density at radius 3 is 2.53 bits per heavy atom. The van der Waals surface area contributed by atoms with Crippen molar-refractivity contribution in [2.45, 2.75) is 13.3 Å². The van der Waals surface area contributed by atoms with Crippen molar-refractivity contribution in [3.05, 3.63) is 90.5 Å². The zero-order valence-electron chi connectivity index (χ0n) is 16.2. The Morgan fingerprint density at radius 1 is 1.03 bits per heavy atom. The SMILES string of the molecule is Cc1nccn1-c1cc(Nc2ccc(NC(=O)Cc3ccccc3F)cc2)ncn1. The quantitative estimate of drug-likeness (QED) is 0.509. The number of benzene rings is 2. The van der Waals surface area contributed by atoms with Crippen molar-refractivity contribution < 1.29 is 9.18 Å². The van der Waals surface area contributed by atoms with Gasteiger partial charge in [-0.15, -0.1) is 0 Å². The maximum absolute atomic E-state index is 13.7. The number of nitrogens with zero attached hydrogens (tertiary/aromatic N) is 4. The third kappa shape index (κ3) is 4.49. The van der Waals surface area contributed by atoms with E-state index in [2.05, 4.69) is 25.6 Å². The van der Waals surface area contributed by atoms with E-state index in [9.17, 15) is 9.18 Å². The van der Waals surface area contributed by atoms with Gasteiger partial charge < -0.3 is 10.6 Å². The van der Waals surface area contributed by atoms with Gasteiger partial charge in [-0.3, -0.25) is 9.36 Å². The van der Waals surface area contributed by atoms with E-state index in [1.165, 1.54) is 12.4 Å². The molecule has 150 valence electrons. The van der Waals surface area contributed by atoms with Crippen LogP contribution in [0.15, 0.2) is 73.3 Å². The summed E-state index contributed by atoms with van der Waals surface area (Å²) in [6.45, 7) is 1.90. The highest BCUT2D eigenvalue weighted by atomic mass is 19.1. The van der Waals surface area contributed by atoms with Crippen molar-refractivity contribution in [3.8, 4) is 5.82 Å². The average Bonchev–Trinajstić information content (AvgIpc) is 3.17. The maximum atomic E-state index is 13.7. The van der Waals surface area contributed by atoms with E-state index in [0.717, 1.165) is 11.5 Å². The van der Waals surface area contributed by atoms with E-state index in [4.69, 9.17) is 0 Å². The number of amides is 1. The largest absolute Gasteiger partial charge is 0.340 e. The van der Waals surface area contributed by atoms with E-state index in [0.29, 0.717) is 22.9 Å². The molecule has 4 rings (SSSR count). The van der Waals surface area contributed by atoms with Crippen LogP contribution in [0.3, 0.4) is 0 Å². The summed E-state index contributed by atoms with van der Waals surface area (Å²) in [5.74, 6) is 1.50. The molecule has 0 bridgehead atoms. The van der Waals surface area contributed by atoms with Crippen LogP contribution in [-0.2, 0) is 11.2 Å². The fourth-order valence-corrected chi connectivity index (χ4v) is 2.97. The highest BCUT2D eigenvalue weighted by molar-refractivity contribution is 5.92. The third-order valence-corrected chi connectivity index (χ3v) is 4.48. The summed E-state index contributed by atoms with van der Waals surface area (Å²) in [6, 6.07) is 15.2. The number of nitrogens with one attached hydrogen (secondary N) is 2. The molecule has 0 aliphatic carbocycles. The van der Waals surface area contributed by atoms with E-state index >= 15 is 0 Å². The molecular weight excluding hydrogens is 383 g/mol. The van der Waals surface area contributed by atoms with Gasteiger partial charge in [-0.05, 0) is 42.8 Å². The van der Waals surface area contributed by atoms with Crippen molar-refractivity contribution in [1.29, 1.82) is 0 Å². The molecule has 0 aliphatic rings. The summed E-state index contributed by atoms with van der Waals surface area (Å²) in [6.07, 6.45) is 5.00. The second-order valence-corrected chi connectivity index (χ2v) is 6.62. The van der Waals surface area contributed by atoms with Crippen molar-refractivity contribution in [2.75, 3.05) is 10.6 Å². The Kier molecular flexibility index (Phi) is 5.47. The number of halogens is 1. The molecule has 0 atom stereocenters. The Balaban J connectivity index is 1.40. The molecule has 0 radical (unpaired) electrons. The van der Waals surface area contributed by atoms with Crippen LogP contribution in [0.5, 0.6) is 0 Å². The van der Waals surface area contributed by atoms with E-state index in [1.807, 2.05) is 35.9 Å². The highest BCUT2D eigenvalue weighted by Crippen LogP contribution is 2.19. The van der Waals surface area contributed by atoms with Gasteiger partial charge in [0.2, 0.25) is 5.91 Å². The molecule has 0 spiro atoms. The molecule has 0 fully saturated rings. The van der Waals surface area contributed by atoms with Crippen LogP contribution in [-0.4, -0.2) is 25.4 Å². The van der Waals surface area contributed by atoms with Crippen LogP contribution in [0.25, 0.3) is 5.82 Å². The van der Waals surface area contributed by atoms with Gasteiger partial charge in [0.05, 0.1) is 6.42 Å². The summed E-state index contributed by atoms with van der Waals surface area (Å²) < 4.78 is 15.5. The number of aryl methyl sites for hydroxylation is 1. The van der Waals surface area contributed by atoms with Gasteiger partial charge in [-0.2, -0.15) is 0 Å². The molecule has 0 saturated carbocycles. The fourth-order valence-electron chi connectivity index (χ4n) is 2.97. The van der Waals surface area contributed by atoms with Gasteiger partial charge in [0, 0.05) is 29.8 Å². The zero-order valence-corrected chi connectivity index (χ0v) is 16.2. The second kappa shape index (κ2) is 8.52. The summed E-state index contributed by atoms with van der Waals surface area (Å²) in [7, 11) is 0. The van der Waals surface area contributed by atoms with Crippen LogP contribution in [0.2, 0.25) is 0 Å². The smallest absolute Gasteiger partial charge is 0.228 e. The van der Waals surface area contributed by atoms with E-state index < -0.39 is 0 Å². The van der Waals surface area contributed by atoms with Gasteiger partial charge in [0.1, 0.15) is 29.6 Å². The number of anilines is 3. The number of aromatic nitrogens is 4. The van der Waals surface area contributed by atoms with Gasteiger partial charge in [0.15, 0.2) is 0 Å². The number of carbonyl (C=O) groups excluding carboxylic acids is 1. The van der Waals surface area contributed by atoms with Crippen LogP contribution < -0.4 is 10.6 Å². The predicted molar refractivity (Wildman–Crippen MR) is 112 cm³/mol. The van der Waals surface area contributed by atoms with Crippen LogP contribution in [0.4, 0.5) is 21.6 Å². The van der Waals surface area contributed by atoms with E-state index in [1.54, 1.807) is 36.5 Å². The highest BCUT2D eigenvalue weighted by Gasteiger charge is 2.08. The van der Waals surface area contributed by atoms with Crippen molar-refractivity contribution in [2.24, 2.45) is 0 Å². The van der Waals surface area contributed by atoms with Gasteiger partial charge in [-0.1, -0.05) is 18.2 Å². The minimum atomic E-state index is -0.387. The summed E-state index contributed by atoms with van der Waals surface area (Å²) in [5.41, 5.74) is 1.79. The number of rotatable bonds is 6. The Morgan fingerprint density at radius 2 is 1.80 bits per heavy atom. The maximum Gasteiger partial charge on any atom is 0.228 e. The number of imidazole rings is 1. The predicted octanol–water partition coefficient (Wildman–Crippen LogP) is 4.03. The summed E-state index contributed by atoms with van der Waals surface area (Å²) in [4.78, 5) is 24.9. The Bertz CT molecular complexity index is 1170.